The first-order chi connectivity index (χ1) is 12.8. The number of hydrogen-bond donors (Lipinski definition) is 0. The van der Waals surface area contributed by atoms with Crippen LogP contribution >= 0.6 is 11.3 Å². The lowest BCUT2D eigenvalue weighted by Crippen LogP contribution is -2.36. The van der Waals surface area contributed by atoms with Gasteiger partial charge in [-0.25, -0.2) is 4.98 Å². The van der Waals surface area contributed by atoms with Crippen LogP contribution in [0.4, 0.5) is 0 Å². The van der Waals surface area contributed by atoms with E-state index in [-0.39, 0.29) is 0 Å². The maximum Gasteiger partial charge on any atom is 0.279 e. The van der Waals surface area contributed by atoms with Crippen LogP contribution in [0.5, 0.6) is 10.9 Å². The van der Waals surface area contributed by atoms with Gasteiger partial charge in [0.25, 0.3) is 5.19 Å². The molecule has 0 spiro atoms. The minimum atomic E-state index is 0.705. The van der Waals surface area contributed by atoms with E-state index >= 15 is 0 Å². The summed E-state index contributed by atoms with van der Waals surface area (Å²) in [5.74, 6) is 0.855. The third kappa shape index (κ3) is 4.08. The second-order valence-corrected chi connectivity index (χ2v) is 8.04. The fourth-order valence-corrected chi connectivity index (χ4v) is 4.67. The molecule has 0 amide bonds. The van der Waals surface area contributed by atoms with E-state index < -0.39 is 0 Å². The van der Waals surface area contributed by atoms with E-state index in [1.807, 2.05) is 18.2 Å². The van der Waals surface area contributed by atoms with Crippen molar-refractivity contribution in [1.29, 1.82) is 0 Å². The molecule has 0 aliphatic heterocycles. The maximum atomic E-state index is 5.96. The highest BCUT2D eigenvalue weighted by Crippen LogP contribution is 2.31. The van der Waals surface area contributed by atoms with Crippen LogP contribution in [0.3, 0.4) is 0 Å². The summed E-state index contributed by atoms with van der Waals surface area (Å²) in [4.78, 5) is 7.17. The molecule has 26 heavy (non-hydrogen) atoms. The summed E-state index contributed by atoms with van der Waals surface area (Å²) in [6.45, 7) is 4.43. The van der Waals surface area contributed by atoms with Crippen molar-refractivity contribution in [2.24, 2.45) is 0 Å². The minimum absolute atomic E-state index is 0.705. The first-order valence-electron chi connectivity index (χ1n) is 9.68. The number of nitrogens with zero attached hydrogens (tertiary/aromatic N) is 2. The molecule has 0 unspecified atom stereocenters. The van der Waals surface area contributed by atoms with Gasteiger partial charge >= 0.3 is 0 Å². The number of para-hydroxylation sites is 1. The molecule has 1 fully saturated rings. The standard InChI is InChI=1S/C22H26N2OS/c1-2-24(18-8-4-3-5-9-18)16-17-12-14-19(15-13-17)25-22-23-20-10-6-7-11-21(20)26-22/h6-7,10-15,18H,2-5,8-9,16H2,1H3. The van der Waals surface area contributed by atoms with Gasteiger partial charge in [0.05, 0.1) is 10.2 Å². The Kier molecular flexibility index (Phi) is 5.51. The van der Waals surface area contributed by atoms with Crippen LogP contribution in [0.1, 0.15) is 44.6 Å². The van der Waals surface area contributed by atoms with Gasteiger partial charge in [0.15, 0.2) is 0 Å². The summed E-state index contributed by atoms with van der Waals surface area (Å²) in [5, 5.41) is 0.705. The zero-order valence-corrected chi connectivity index (χ0v) is 16.2. The molecule has 0 N–H and O–H groups in total. The fraction of sp³-hybridized carbons (Fsp3) is 0.409. The second kappa shape index (κ2) is 8.19. The molecule has 1 saturated carbocycles. The third-order valence-corrected chi connectivity index (χ3v) is 6.20. The van der Waals surface area contributed by atoms with Crippen LogP contribution in [0.15, 0.2) is 48.5 Å². The second-order valence-electron chi connectivity index (χ2n) is 7.05. The number of aromatic nitrogens is 1. The molecular weight excluding hydrogens is 340 g/mol. The topological polar surface area (TPSA) is 25.4 Å². The molecule has 0 atom stereocenters. The van der Waals surface area contributed by atoms with E-state index in [1.54, 1.807) is 11.3 Å². The fourth-order valence-electron chi connectivity index (χ4n) is 3.84. The molecule has 4 heteroatoms. The lowest BCUT2D eigenvalue weighted by atomic mass is 9.94. The van der Waals surface area contributed by atoms with Gasteiger partial charge in [0.1, 0.15) is 5.75 Å². The van der Waals surface area contributed by atoms with E-state index in [9.17, 15) is 0 Å². The van der Waals surface area contributed by atoms with Gasteiger partial charge in [-0.05, 0) is 49.2 Å². The van der Waals surface area contributed by atoms with Crippen molar-refractivity contribution in [2.45, 2.75) is 51.6 Å². The predicted octanol–water partition coefficient (Wildman–Crippen LogP) is 6.24. The first-order valence-corrected chi connectivity index (χ1v) is 10.5. The summed E-state index contributed by atoms with van der Waals surface area (Å²) >= 11 is 1.59. The number of hydrogen-bond acceptors (Lipinski definition) is 4. The van der Waals surface area contributed by atoms with Gasteiger partial charge in [0, 0.05) is 12.6 Å². The van der Waals surface area contributed by atoms with Crippen molar-refractivity contribution in [1.82, 2.24) is 9.88 Å². The van der Waals surface area contributed by atoms with Gasteiger partial charge in [-0.1, -0.05) is 61.8 Å². The molecule has 0 bridgehead atoms. The average Bonchev–Trinajstić information content (AvgIpc) is 3.10. The Morgan fingerprint density at radius 3 is 2.54 bits per heavy atom. The smallest absolute Gasteiger partial charge is 0.279 e. The Morgan fingerprint density at radius 1 is 1.04 bits per heavy atom. The SMILES string of the molecule is CCN(Cc1ccc(Oc2nc3ccccc3s2)cc1)C1CCCCC1. The average molecular weight is 367 g/mol. The quantitative estimate of drug-likeness (QED) is 0.516. The lowest BCUT2D eigenvalue weighted by molar-refractivity contribution is 0.156. The van der Waals surface area contributed by atoms with Crippen LogP contribution in [-0.2, 0) is 6.54 Å². The van der Waals surface area contributed by atoms with Crippen molar-refractivity contribution in [3.05, 3.63) is 54.1 Å². The van der Waals surface area contributed by atoms with Crippen LogP contribution in [0.25, 0.3) is 10.2 Å². The van der Waals surface area contributed by atoms with Crippen LogP contribution in [0.2, 0.25) is 0 Å². The molecular formula is C22H26N2OS. The number of benzene rings is 2. The molecule has 4 rings (SSSR count). The molecule has 0 radical (unpaired) electrons. The molecule has 3 aromatic rings. The summed E-state index contributed by atoms with van der Waals surface area (Å²) < 4.78 is 7.12. The maximum absolute atomic E-state index is 5.96. The van der Waals surface area contributed by atoms with Crippen LogP contribution in [-0.4, -0.2) is 22.5 Å². The minimum Gasteiger partial charge on any atom is -0.431 e. The molecule has 3 nitrogen and oxygen atoms in total. The molecule has 1 heterocycles. The predicted molar refractivity (Wildman–Crippen MR) is 109 cm³/mol. The monoisotopic (exact) mass is 366 g/mol. The van der Waals surface area contributed by atoms with Crippen LogP contribution < -0.4 is 4.74 Å². The number of fused-ring (bicyclic) bond motifs is 1. The highest BCUT2D eigenvalue weighted by Gasteiger charge is 2.19. The highest BCUT2D eigenvalue weighted by molar-refractivity contribution is 7.20. The summed E-state index contributed by atoms with van der Waals surface area (Å²) in [6, 6.07) is 17.4. The van der Waals surface area contributed by atoms with Crippen molar-refractivity contribution in [3.63, 3.8) is 0 Å². The molecule has 1 aliphatic rings. The Hall–Kier alpha value is -1.91. The third-order valence-electron chi connectivity index (χ3n) is 5.29. The Morgan fingerprint density at radius 2 is 1.81 bits per heavy atom. The van der Waals surface area contributed by atoms with E-state index in [2.05, 4.69) is 47.1 Å². The number of ether oxygens (including phenoxy) is 1. The summed E-state index contributed by atoms with van der Waals surface area (Å²) in [5.41, 5.74) is 2.35. The normalized spacial score (nSPS) is 15.6. The highest BCUT2D eigenvalue weighted by atomic mass is 32.1. The molecule has 2 aromatic carbocycles. The van der Waals surface area contributed by atoms with E-state index in [0.29, 0.717) is 5.19 Å². The van der Waals surface area contributed by atoms with E-state index in [0.717, 1.165) is 35.1 Å². The summed E-state index contributed by atoms with van der Waals surface area (Å²) in [6.07, 6.45) is 6.89. The molecule has 1 aliphatic carbocycles. The van der Waals surface area contributed by atoms with Gasteiger partial charge in [-0.2, -0.15) is 0 Å². The largest absolute Gasteiger partial charge is 0.431 e. The van der Waals surface area contributed by atoms with Crippen molar-refractivity contribution < 1.29 is 4.74 Å². The van der Waals surface area contributed by atoms with Gasteiger partial charge in [-0.3, -0.25) is 4.90 Å². The molecule has 0 saturated heterocycles. The first kappa shape index (κ1) is 17.5. The molecule has 136 valence electrons. The Balaban J connectivity index is 1.41. The Bertz CT molecular complexity index is 804. The van der Waals surface area contributed by atoms with Crippen molar-refractivity contribution in [2.75, 3.05) is 6.54 Å². The van der Waals surface area contributed by atoms with E-state index in [4.69, 9.17) is 4.74 Å². The van der Waals surface area contributed by atoms with Crippen LogP contribution in [0, 0.1) is 0 Å². The summed E-state index contributed by atoms with van der Waals surface area (Å²) in [7, 11) is 0. The van der Waals surface area contributed by atoms with E-state index in [1.165, 1.54) is 37.7 Å². The molecule has 1 aromatic heterocycles. The lowest BCUT2D eigenvalue weighted by Gasteiger charge is -2.33. The van der Waals surface area contributed by atoms with Crippen molar-refractivity contribution in [3.8, 4) is 10.9 Å². The zero-order valence-electron chi connectivity index (χ0n) is 15.4. The zero-order chi connectivity index (χ0) is 17.8. The van der Waals surface area contributed by atoms with Crippen molar-refractivity contribution >= 4 is 21.6 Å². The van der Waals surface area contributed by atoms with Gasteiger partial charge < -0.3 is 4.74 Å². The van der Waals surface area contributed by atoms with Gasteiger partial charge in [-0.15, -0.1) is 0 Å². The number of thiazole rings is 1. The number of rotatable bonds is 6. The Labute approximate surface area is 159 Å². The van der Waals surface area contributed by atoms with Gasteiger partial charge in [0.2, 0.25) is 0 Å².